The van der Waals surface area contributed by atoms with E-state index in [-0.39, 0.29) is 88.2 Å². The third kappa shape index (κ3) is 12.7. The molecule has 7 rings (SSSR count). The van der Waals surface area contributed by atoms with Crippen molar-refractivity contribution in [2.75, 3.05) is 52.8 Å². The van der Waals surface area contributed by atoms with E-state index in [9.17, 15) is 35.0 Å². The lowest BCUT2D eigenvalue weighted by Gasteiger charge is -2.59. The number of allylic oxidation sites excluding steroid dienone is 1. The van der Waals surface area contributed by atoms with E-state index in [0.717, 1.165) is 36.0 Å². The molecule has 18 heteroatoms. The molecule has 2 aliphatic carbocycles. The maximum atomic E-state index is 14.8. The molecule has 4 aliphatic rings. The van der Waals surface area contributed by atoms with Gasteiger partial charge in [-0.25, -0.2) is 9.59 Å². The van der Waals surface area contributed by atoms with Crippen LogP contribution in [0.15, 0.2) is 102 Å². The van der Waals surface area contributed by atoms with E-state index in [1.54, 1.807) is 18.2 Å². The van der Waals surface area contributed by atoms with E-state index in [0.29, 0.717) is 56.6 Å². The number of unbranched alkanes of at least 4 members (excludes halogenated alkanes) is 2. The molecule has 2 amide bonds. The van der Waals surface area contributed by atoms with E-state index < -0.39 is 47.1 Å². The van der Waals surface area contributed by atoms with Crippen molar-refractivity contribution in [3.63, 3.8) is 0 Å². The fourth-order valence-corrected chi connectivity index (χ4v) is 10.0. The van der Waals surface area contributed by atoms with Crippen molar-refractivity contribution in [2.24, 2.45) is 22.9 Å². The van der Waals surface area contributed by atoms with Crippen LogP contribution < -0.4 is 19.5 Å². The predicted molar refractivity (Wildman–Crippen MR) is 253 cm³/mol. The van der Waals surface area contributed by atoms with E-state index in [1.807, 2.05) is 36.4 Å². The molecule has 2 fully saturated rings. The second kappa shape index (κ2) is 25.1. The molecule has 69 heavy (non-hydrogen) atoms. The molecule has 0 radical (unpaired) electrons. The summed E-state index contributed by atoms with van der Waals surface area (Å²) >= 11 is 0. The first-order valence-corrected chi connectivity index (χ1v) is 24.0. The molecule has 0 spiro atoms. The maximum absolute atomic E-state index is 14.8. The number of hydrogen-bond acceptors (Lipinski definition) is 15. The van der Waals surface area contributed by atoms with Gasteiger partial charge in [0.05, 0.1) is 49.6 Å². The van der Waals surface area contributed by atoms with Crippen LogP contribution in [-0.2, 0) is 25.6 Å². The number of non-ortho nitro benzene ring substituents is 1. The van der Waals surface area contributed by atoms with Crippen LogP contribution in [0.2, 0.25) is 0 Å². The Morgan fingerprint density at radius 2 is 1.71 bits per heavy atom. The normalized spacial score (nSPS) is 24.2. The average molecular weight is 957 g/mol. The first-order valence-electron chi connectivity index (χ1n) is 24.0. The number of nitrogens with zero attached hydrogens (tertiary/aromatic N) is 3. The van der Waals surface area contributed by atoms with Crippen molar-refractivity contribution in [3.8, 4) is 17.2 Å². The van der Waals surface area contributed by atoms with Crippen LogP contribution in [0.25, 0.3) is 0 Å². The number of oxime groups is 1. The molecule has 2 aliphatic heterocycles. The van der Waals surface area contributed by atoms with E-state index in [4.69, 9.17) is 38.4 Å². The van der Waals surface area contributed by atoms with E-state index >= 15 is 0 Å². The second-order valence-electron chi connectivity index (χ2n) is 17.6. The van der Waals surface area contributed by atoms with Crippen molar-refractivity contribution in [3.05, 3.63) is 118 Å². The summed E-state index contributed by atoms with van der Waals surface area (Å²) in [4.78, 5) is 46.8. The number of hydrogen-bond donors (Lipinski definition) is 4. The summed E-state index contributed by atoms with van der Waals surface area (Å²) in [7, 11) is 0. The monoisotopic (exact) mass is 956 g/mol. The van der Waals surface area contributed by atoms with Crippen molar-refractivity contribution >= 4 is 23.6 Å². The number of nitrogens with one attached hydrogen (secondary N) is 1. The Hall–Kier alpha value is -5.89. The Bertz CT molecular complexity index is 2240. The predicted octanol–water partition coefficient (Wildman–Crippen LogP) is 7.55. The molecule has 7 atom stereocenters. The van der Waals surface area contributed by atoms with Crippen LogP contribution in [0.5, 0.6) is 17.2 Å². The molecule has 3 aromatic rings. The Labute approximate surface area is 401 Å². The van der Waals surface area contributed by atoms with Crippen molar-refractivity contribution in [2.45, 2.75) is 94.8 Å². The van der Waals surface area contributed by atoms with E-state index in [2.05, 4.69) is 18.0 Å². The SMILES string of the molecule is C=CCOC12Oc3ccc(OC(=O)NCc4ccccc4)cc3C3C(CCCCO)C(CCCCO)C=C(C(=NOC4CCCCO4)CC1N(CCOCCO)C(=O)Oc1ccc([N+](=O)[O-])cc1)C32. The zero-order chi connectivity index (χ0) is 48.6. The quantitative estimate of drug-likeness (QED) is 0.0294. The topological polar surface area (TPSA) is 230 Å². The number of ether oxygens (including phenoxy) is 6. The molecule has 0 bridgehead atoms. The van der Waals surface area contributed by atoms with Crippen molar-refractivity contribution < 1.29 is 63.1 Å². The molecule has 1 saturated heterocycles. The Morgan fingerprint density at radius 1 is 0.942 bits per heavy atom. The highest BCUT2D eigenvalue weighted by Gasteiger charge is 2.66. The number of carbonyl (C=O) groups is 2. The lowest BCUT2D eigenvalue weighted by atomic mass is 9.55. The highest BCUT2D eigenvalue weighted by molar-refractivity contribution is 6.03. The fourth-order valence-electron chi connectivity index (χ4n) is 10.0. The number of aliphatic hydroxyl groups excluding tert-OH is 3. The highest BCUT2D eigenvalue weighted by atomic mass is 16.8. The standard InChI is InChI=1S/C51H64N4O14/c1-2-27-65-51-45(54(23-29-63-30-26-58)50(60)67-38-19-17-37(18-20-38)55(61)62)33-43(53-69-46-16-8-11-28-64-46)41-31-36(14-6-9-24-56)40(15-7-10-25-57)47(48(41)51)42-32-39(21-22-44(42)68-51)66-49(59)52-34-35-12-4-3-5-13-35/h2-5,12-13,17-22,31-32,36,40,45-48,56-58H,1,6-11,14-16,23-30,33-34H2,(H,52,59). The smallest absolute Gasteiger partial charge is 0.415 e. The Balaban J connectivity index is 1.39. The number of fused-ring (bicyclic) bond motifs is 2. The van der Waals surface area contributed by atoms with Crippen molar-refractivity contribution in [1.82, 2.24) is 10.2 Å². The van der Waals surface area contributed by atoms with Gasteiger partial charge in [-0.3, -0.25) is 15.0 Å². The van der Waals surface area contributed by atoms with Gasteiger partial charge in [0.1, 0.15) is 23.3 Å². The number of carbonyl (C=O) groups excluding carboxylic acids is 2. The molecule has 4 N–H and O–H groups in total. The zero-order valence-corrected chi connectivity index (χ0v) is 38.9. The Kier molecular flexibility index (Phi) is 18.5. The summed E-state index contributed by atoms with van der Waals surface area (Å²) in [6, 6.07) is 18.8. The fraction of sp³-hybridized carbons (Fsp3) is 0.510. The van der Waals surface area contributed by atoms with Gasteiger partial charge in [-0.15, -0.1) is 6.58 Å². The average Bonchev–Trinajstić information content (AvgIpc) is 3.36. The number of nitro groups is 1. The minimum absolute atomic E-state index is 0.000711. The zero-order valence-electron chi connectivity index (χ0n) is 38.9. The lowest BCUT2D eigenvalue weighted by Crippen LogP contribution is -2.70. The molecule has 7 unspecified atom stereocenters. The van der Waals surface area contributed by atoms with Gasteiger partial charge < -0.3 is 53.9 Å². The first-order chi connectivity index (χ1) is 33.7. The van der Waals surface area contributed by atoms with Gasteiger partial charge in [0, 0.05) is 62.8 Å². The lowest BCUT2D eigenvalue weighted by molar-refractivity contribution is -0.384. The van der Waals surface area contributed by atoms with Gasteiger partial charge in [-0.1, -0.05) is 60.5 Å². The van der Waals surface area contributed by atoms with Crippen LogP contribution in [-0.4, -0.2) is 114 Å². The third-order valence-electron chi connectivity index (χ3n) is 13.1. The molecule has 3 aromatic carbocycles. The van der Waals surface area contributed by atoms with Gasteiger partial charge in [0.25, 0.3) is 5.69 Å². The summed E-state index contributed by atoms with van der Waals surface area (Å²) in [5.41, 5.74) is 2.75. The second-order valence-corrected chi connectivity index (χ2v) is 17.6. The summed E-state index contributed by atoms with van der Waals surface area (Å²) in [5.74, 6) is -2.27. The summed E-state index contributed by atoms with van der Waals surface area (Å²) < 4.78 is 38.0. The number of rotatable bonds is 24. The molecule has 1 saturated carbocycles. The molecule has 2 heterocycles. The van der Waals surface area contributed by atoms with Crippen LogP contribution >= 0.6 is 0 Å². The minimum atomic E-state index is -1.68. The number of amides is 2. The van der Waals surface area contributed by atoms with Crippen LogP contribution in [0, 0.1) is 27.9 Å². The summed E-state index contributed by atoms with van der Waals surface area (Å²) in [6.07, 6.45) is 8.11. The van der Waals surface area contributed by atoms with Crippen LogP contribution in [0.3, 0.4) is 0 Å². The Morgan fingerprint density at radius 3 is 2.42 bits per heavy atom. The summed E-state index contributed by atoms with van der Waals surface area (Å²) in [6.45, 7) is 4.43. The molecule has 372 valence electrons. The van der Waals surface area contributed by atoms with Crippen LogP contribution in [0.1, 0.15) is 81.3 Å². The maximum Gasteiger partial charge on any atom is 0.415 e. The third-order valence-corrected chi connectivity index (χ3v) is 13.1. The number of aliphatic hydroxyl groups is 3. The van der Waals surface area contributed by atoms with Crippen molar-refractivity contribution in [1.29, 1.82) is 0 Å². The number of benzene rings is 3. The largest absolute Gasteiger partial charge is 0.459 e. The minimum Gasteiger partial charge on any atom is -0.459 e. The number of nitro benzene ring substituents is 1. The van der Waals surface area contributed by atoms with E-state index in [1.165, 1.54) is 29.2 Å². The van der Waals surface area contributed by atoms with Gasteiger partial charge in [-0.05, 0) is 91.8 Å². The molecular formula is C51H64N4O14. The molecular weight excluding hydrogens is 893 g/mol. The molecule has 0 aromatic heterocycles. The highest BCUT2D eigenvalue weighted by Crippen LogP contribution is 2.62. The summed E-state index contributed by atoms with van der Waals surface area (Å²) in [5, 5.41) is 48.8. The first kappa shape index (κ1) is 51.0. The van der Waals surface area contributed by atoms with Gasteiger partial charge in [0.15, 0.2) is 0 Å². The van der Waals surface area contributed by atoms with Gasteiger partial charge >= 0.3 is 12.2 Å². The van der Waals surface area contributed by atoms with Gasteiger partial charge in [0.2, 0.25) is 12.1 Å². The molecule has 18 nitrogen and oxygen atoms in total. The van der Waals surface area contributed by atoms with Gasteiger partial charge in [-0.2, -0.15) is 0 Å². The van der Waals surface area contributed by atoms with Crippen LogP contribution in [0.4, 0.5) is 15.3 Å².